The van der Waals surface area contributed by atoms with E-state index >= 15 is 0 Å². The maximum atomic E-state index is 12.0. The van der Waals surface area contributed by atoms with Crippen molar-refractivity contribution in [3.8, 4) is 0 Å². The number of likely N-dealkylation sites (N-methyl/N-ethyl adjacent to an activating group) is 1. The fraction of sp³-hybridized carbons (Fsp3) is 0.923. The van der Waals surface area contributed by atoms with Gasteiger partial charge in [-0.05, 0) is 44.4 Å². The van der Waals surface area contributed by atoms with Crippen LogP contribution in [0.4, 0.5) is 0 Å². The smallest absolute Gasteiger partial charge is 0.326 e. The van der Waals surface area contributed by atoms with E-state index in [9.17, 15) is 4.79 Å². The summed E-state index contributed by atoms with van der Waals surface area (Å²) in [4.78, 5) is 12.0. The minimum atomic E-state index is -0.487. The van der Waals surface area contributed by atoms with Gasteiger partial charge in [-0.15, -0.1) is 0 Å². The number of nitrogens with one attached hydrogen (secondary N) is 1. The van der Waals surface area contributed by atoms with Crippen LogP contribution in [-0.2, 0) is 9.53 Å². The standard InChI is InChI=1S/C13H25NO3S/c1-3-14-13(12(16)17-2)7-4-6-11(10-13)18-9-5-8-15/h11,14-15H,3-10H2,1-2H3. The van der Waals surface area contributed by atoms with Crippen LogP contribution in [0.1, 0.15) is 39.0 Å². The zero-order valence-electron chi connectivity index (χ0n) is 11.4. The molecule has 1 fully saturated rings. The molecule has 0 amide bonds. The Morgan fingerprint density at radius 1 is 1.61 bits per heavy atom. The summed E-state index contributed by atoms with van der Waals surface area (Å²) in [5, 5.41) is 12.6. The van der Waals surface area contributed by atoms with E-state index in [0.29, 0.717) is 5.25 Å². The fourth-order valence-electron chi connectivity index (χ4n) is 2.63. The molecular weight excluding hydrogens is 250 g/mol. The Bertz CT molecular complexity index is 259. The molecule has 0 aromatic heterocycles. The Hall–Kier alpha value is -0.260. The molecular formula is C13H25NO3S. The highest BCUT2D eigenvalue weighted by atomic mass is 32.2. The van der Waals surface area contributed by atoms with Crippen molar-refractivity contribution < 1.29 is 14.6 Å². The summed E-state index contributed by atoms with van der Waals surface area (Å²) in [6, 6.07) is 0. The third-order valence-corrected chi connectivity index (χ3v) is 4.85. The largest absolute Gasteiger partial charge is 0.468 e. The lowest BCUT2D eigenvalue weighted by Crippen LogP contribution is -2.56. The van der Waals surface area contributed by atoms with Gasteiger partial charge >= 0.3 is 5.97 Å². The maximum absolute atomic E-state index is 12.0. The molecule has 0 aliphatic heterocycles. The van der Waals surface area contributed by atoms with Gasteiger partial charge in [0.1, 0.15) is 5.54 Å². The second-order valence-corrected chi connectivity index (χ2v) is 6.18. The van der Waals surface area contributed by atoms with Crippen molar-refractivity contribution in [2.75, 3.05) is 26.0 Å². The third kappa shape index (κ3) is 4.14. The first-order chi connectivity index (χ1) is 8.68. The minimum Gasteiger partial charge on any atom is -0.468 e. The molecule has 5 heteroatoms. The van der Waals surface area contributed by atoms with E-state index in [0.717, 1.165) is 44.4 Å². The van der Waals surface area contributed by atoms with Crippen LogP contribution < -0.4 is 5.32 Å². The molecule has 2 atom stereocenters. The van der Waals surface area contributed by atoms with Gasteiger partial charge in [-0.2, -0.15) is 11.8 Å². The summed E-state index contributed by atoms with van der Waals surface area (Å²) in [6.07, 6.45) is 4.74. The third-order valence-electron chi connectivity index (χ3n) is 3.45. The van der Waals surface area contributed by atoms with Crippen LogP contribution in [0.3, 0.4) is 0 Å². The van der Waals surface area contributed by atoms with Gasteiger partial charge in [0.15, 0.2) is 0 Å². The molecule has 0 heterocycles. The summed E-state index contributed by atoms with van der Waals surface area (Å²) in [7, 11) is 1.46. The quantitative estimate of drug-likeness (QED) is 0.545. The predicted molar refractivity (Wildman–Crippen MR) is 74.8 cm³/mol. The molecule has 0 spiro atoms. The lowest BCUT2D eigenvalue weighted by Gasteiger charge is -2.39. The van der Waals surface area contributed by atoms with Gasteiger partial charge < -0.3 is 15.2 Å². The van der Waals surface area contributed by atoms with Crippen LogP contribution >= 0.6 is 11.8 Å². The van der Waals surface area contributed by atoms with E-state index in [1.54, 1.807) is 0 Å². The highest BCUT2D eigenvalue weighted by Gasteiger charge is 2.43. The molecule has 0 saturated heterocycles. The summed E-state index contributed by atoms with van der Waals surface area (Å²) in [5.41, 5.74) is -0.487. The van der Waals surface area contributed by atoms with E-state index in [-0.39, 0.29) is 12.6 Å². The highest BCUT2D eigenvalue weighted by Crippen LogP contribution is 2.36. The first-order valence-electron chi connectivity index (χ1n) is 6.74. The average Bonchev–Trinajstić information content (AvgIpc) is 2.39. The number of rotatable bonds is 7. The zero-order chi connectivity index (χ0) is 13.4. The molecule has 0 radical (unpaired) electrons. The fourth-order valence-corrected chi connectivity index (χ4v) is 4.00. The molecule has 2 N–H and O–H groups in total. The number of methoxy groups -OCH3 is 1. The van der Waals surface area contributed by atoms with Crippen molar-refractivity contribution in [1.29, 1.82) is 0 Å². The Morgan fingerprint density at radius 2 is 2.39 bits per heavy atom. The molecule has 1 rings (SSSR count). The molecule has 2 unspecified atom stereocenters. The summed E-state index contributed by atoms with van der Waals surface area (Å²) in [5.74, 6) is 0.835. The molecule has 0 aromatic rings. The van der Waals surface area contributed by atoms with Crippen LogP contribution in [0, 0.1) is 0 Å². The average molecular weight is 275 g/mol. The van der Waals surface area contributed by atoms with Gasteiger partial charge in [-0.25, -0.2) is 0 Å². The van der Waals surface area contributed by atoms with E-state index in [1.807, 2.05) is 18.7 Å². The van der Waals surface area contributed by atoms with Gasteiger partial charge in [0.2, 0.25) is 0 Å². The van der Waals surface area contributed by atoms with Gasteiger partial charge in [-0.1, -0.05) is 6.92 Å². The van der Waals surface area contributed by atoms with Crippen molar-refractivity contribution in [2.45, 2.75) is 49.8 Å². The second kappa shape index (κ2) is 8.02. The number of esters is 1. The number of hydrogen-bond acceptors (Lipinski definition) is 5. The number of hydrogen-bond donors (Lipinski definition) is 2. The SMILES string of the molecule is CCNC1(C(=O)OC)CCCC(SCCCO)C1. The maximum Gasteiger partial charge on any atom is 0.326 e. The highest BCUT2D eigenvalue weighted by molar-refractivity contribution is 7.99. The molecule has 1 saturated carbocycles. The van der Waals surface area contributed by atoms with Crippen molar-refractivity contribution in [2.24, 2.45) is 0 Å². The first kappa shape index (κ1) is 15.8. The Morgan fingerprint density at radius 3 is 3.00 bits per heavy atom. The number of aliphatic hydroxyl groups excluding tert-OH is 1. The van der Waals surface area contributed by atoms with Gasteiger partial charge in [0.05, 0.1) is 7.11 Å². The van der Waals surface area contributed by atoms with Crippen molar-refractivity contribution in [3.63, 3.8) is 0 Å². The number of carbonyl (C=O) groups is 1. The Kier molecular flexibility index (Phi) is 7.04. The number of thioether (sulfide) groups is 1. The Labute approximate surface area is 114 Å². The second-order valence-electron chi connectivity index (χ2n) is 4.77. The summed E-state index contributed by atoms with van der Waals surface area (Å²) < 4.78 is 4.97. The number of aliphatic hydroxyl groups is 1. The lowest BCUT2D eigenvalue weighted by atomic mass is 9.81. The topological polar surface area (TPSA) is 58.6 Å². The monoisotopic (exact) mass is 275 g/mol. The van der Waals surface area contributed by atoms with Crippen molar-refractivity contribution in [3.05, 3.63) is 0 Å². The van der Waals surface area contributed by atoms with E-state index in [2.05, 4.69) is 5.32 Å². The van der Waals surface area contributed by atoms with E-state index in [4.69, 9.17) is 9.84 Å². The van der Waals surface area contributed by atoms with Crippen LogP contribution in [0.5, 0.6) is 0 Å². The van der Waals surface area contributed by atoms with Crippen LogP contribution in [-0.4, -0.2) is 47.9 Å². The van der Waals surface area contributed by atoms with E-state index < -0.39 is 5.54 Å². The van der Waals surface area contributed by atoms with Crippen molar-refractivity contribution >= 4 is 17.7 Å². The number of ether oxygens (including phenoxy) is 1. The van der Waals surface area contributed by atoms with Gasteiger partial charge in [0, 0.05) is 11.9 Å². The van der Waals surface area contributed by atoms with Crippen molar-refractivity contribution in [1.82, 2.24) is 5.32 Å². The molecule has 0 aromatic carbocycles. The van der Waals surface area contributed by atoms with Gasteiger partial charge in [0.25, 0.3) is 0 Å². The van der Waals surface area contributed by atoms with Gasteiger partial charge in [-0.3, -0.25) is 4.79 Å². The first-order valence-corrected chi connectivity index (χ1v) is 7.79. The molecule has 18 heavy (non-hydrogen) atoms. The van der Waals surface area contributed by atoms with Crippen LogP contribution in [0.2, 0.25) is 0 Å². The Balaban J connectivity index is 2.58. The van der Waals surface area contributed by atoms with Crippen LogP contribution in [0.25, 0.3) is 0 Å². The molecule has 0 bridgehead atoms. The minimum absolute atomic E-state index is 0.128. The summed E-state index contributed by atoms with van der Waals surface area (Å²) in [6.45, 7) is 3.05. The molecule has 4 nitrogen and oxygen atoms in total. The zero-order valence-corrected chi connectivity index (χ0v) is 12.2. The molecule has 1 aliphatic carbocycles. The molecule has 106 valence electrons. The normalized spacial score (nSPS) is 28.1. The van der Waals surface area contributed by atoms with Crippen LogP contribution in [0.15, 0.2) is 0 Å². The molecule has 1 aliphatic rings. The van der Waals surface area contributed by atoms with E-state index in [1.165, 1.54) is 7.11 Å². The summed E-state index contributed by atoms with van der Waals surface area (Å²) >= 11 is 1.87. The predicted octanol–water partition coefficient (Wildman–Crippen LogP) is 1.57. The number of carbonyl (C=O) groups excluding carboxylic acids is 1. The lowest BCUT2D eigenvalue weighted by molar-refractivity contribution is -0.150.